The van der Waals surface area contributed by atoms with Crippen LogP contribution in [0.1, 0.15) is 23.4 Å². The monoisotopic (exact) mass is 311 g/mol. The van der Waals surface area contributed by atoms with Gasteiger partial charge in [-0.15, -0.1) is 0 Å². The Morgan fingerprint density at radius 1 is 1.22 bits per heavy atom. The van der Waals surface area contributed by atoms with Gasteiger partial charge in [-0.05, 0) is 31.5 Å². The van der Waals surface area contributed by atoms with Crippen LogP contribution in [0, 0.1) is 12.7 Å². The van der Waals surface area contributed by atoms with E-state index in [1.54, 1.807) is 18.2 Å². The second-order valence-corrected chi connectivity index (χ2v) is 5.44. The normalized spacial score (nSPS) is 10.9. The Morgan fingerprint density at radius 3 is 2.83 bits per heavy atom. The van der Waals surface area contributed by atoms with Crippen LogP contribution in [0.3, 0.4) is 0 Å². The fourth-order valence-electron chi connectivity index (χ4n) is 2.62. The molecule has 2 aromatic heterocycles. The molecular weight excluding hydrogens is 293 g/mol. The Balaban J connectivity index is 1.60. The highest BCUT2D eigenvalue weighted by Gasteiger charge is 2.10. The SMILES string of the molecule is Cc1nc2ccccn2c1CCC(=O)NCc1ccccc1F. The van der Waals surface area contributed by atoms with Gasteiger partial charge in [-0.1, -0.05) is 24.3 Å². The number of imidazole rings is 1. The van der Waals surface area contributed by atoms with Crippen molar-refractivity contribution >= 4 is 11.6 Å². The van der Waals surface area contributed by atoms with Crippen LogP contribution in [0.15, 0.2) is 48.7 Å². The molecule has 1 aromatic carbocycles. The maximum Gasteiger partial charge on any atom is 0.220 e. The van der Waals surface area contributed by atoms with Gasteiger partial charge in [0.25, 0.3) is 0 Å². The van der Waals surface area contributed by atoms with Crippen molar-refractivity contribution < 1.29 is 9.18 Å². The standard InChI is InChI=1S/C18H18FN3O/c1-13-16(22-11-5-4-8-17(22)21-13)9-10-18(23)20-12-14-6-2-3-7-15(14)19/h2-8,11H,9-10,12H2,1H3,(H,20,23). The number of carbonyl (C=O) groups excluding carboxylic acids is 1. The fourth-order valence-corrected chi connectivity index (χ4v) is 2.62. The molecular formula is C18H18FN3O. The number of nitrogens with zero attached hydrogens (tertiary/aromatic N) is 2. The highest BCUT2D eigenvalue weighted by Crippen LogP contribution is 2.13. The number of aryl methyl sites for hydroxylation is 2. The van der Waals surface area contributed by atoms with E-state index in [1.165, 1.54) is 6.07 Å². The molecule has 23 heavy (non-hydrogen) atoms. The van der Waals surface area contributed by atoms with Crippen molar-refractivity contribution in [2.75, 3.05) is 0 Å². The number of benzene rings is 1. The van der Waals surface area contributed by atoms with E-state index >= 15 is 0 Å². The Hall–Kier alpha value is -2.69. The first-order valence-corrected chi connectivity index (χ1v) is 7.58. The van der Waals surface area contributed by atoms with Gasteiger partial charge < -0.3 is 9.72 Å². The summed E-state index contributed by atoms with van der Waals surface area (Å²) >= 11 is 0. The van der Waals surface area contributed by atoms with Crippen LogP contribution in [0.5, 0.6) is 0 Å². The number of aromatic nitrogens is 2. The molecule has 0 saturated heterocycles. The van der Waals surface area contributed by atoms with Crippen molar-refractivity contribution in [3.63, 3.8) is 0 Å². The number of pyridine rings is 1. The molecule has 2 heterocycles. The molecule has 1 N–H and O–H groups in total. The number of hydrogen-bond acceptors (Lipinski definition) is 2. The van der Waals surface area contributed by atoms with Gasteiger partial charge in [-0.25, -0.2) is 9.37 Å². The molecule has 3 rings (SSSR count). The van der Waals surface area contributed by atoms with E-state index < -0.39 is 0 Å². The summed E-state index contributed by atoms with van der Waals surface area (Å²) in [5.74, 6) is -0.399. The Kier molecular flexibility index (Phi) is 4.37. The molecule has 0 saturated carbocycles. The van der Waals surface area contributed by atoms with E-state index in [9.17, 15) is 9.18 Å². The third-order valence-electron chi connectivity index (χ3n) is 3.85. The minimum Gasteiger partial charge on any atom is -0.352 e. The average molecular weight is 311 g/mol. The number of hydrogen-bond donors (Lipinski definition) is 1. The van der Waals surface area contributed by atoms with Gasteiger partial charge in [0, 0.05) is 30.4 Å². The molecule has 4 nitrogen and oxygen atoms in total. The summed E-state index contributed by atoms with van der Waals surface area (Å²) in [6.07, 6.45) is 2.89. The number of fused-ring (bicyclic) bond motifs is 1. The minimum absolute atomic E-state index is 0.0986. The van der Waals surface area contributed by atoms with Crippen LogP contribution in [0.4, 0.5) is 4.39 Å². The molecule has 1 amide bonds. The largest absolute Gasteiger partial charge is 0.352 e. The van der Waals surface area contributed by atoms with Gasteiger partial charge in [0.1, 0.15) is 11.5 Å². The molecule has 0 aliphatic carbocycles. The Bertz CT molecular complexity index is 841. The van der Waals surface area contributed by atoms with Crippen molar-refractivity contribution in [3.8, 4) is 0 Å². The molecule has 3 aromatic rings. The molecule has 0 aliphatic rings. The summed E-state index contributed by atoms with van der Waals surface area (Å²) in [6, 6.07) is 12.3. The van der Waals surface area contributed by atoms with Crippen LogP contribution < -0.4 is 5.32 Å². The van der Waals surface area contributed by atoms with Gasteiger partial charge in [-0.2, -0.15) is 0 Å². The van der Waals surface area contributed by atoms with Crippen LogP contribution in [-0.2, 0) is 17.8 Å². The highest BCUT2D eigenvalue weighted by atomic mass is 19.1. The summed E-state index contributed by atoms with van der Waals surface area (Å²) in [5, 5.41) is 2.76. The topological polar surface area (TPSA) is 46.4 Å². The Morgan fingerprint density at radius 2 is 2.00 bits per heavy atom. The number of nitrogens with one attached hydrogen (secondary N) is 1. The zero-order valence-corrected chi connectivity index (χ0v) is 12.9. The third-order valence-corrected chi connectivity index (χ3v) is 3.85. The summed E-state index contributed by atoms with van der Waals surface area (Å²) in [4.78, 5) is 16.5. The highest BCUT2D eigenvalue weighted by molar-refractivity contribution is 5.76. The maximum absolute atomic E-state index is 13.5. The molecule has 0 bridgehead atoms. The maximum atomic E-state index is 13.5. The van der Waals surface area contributed by atoms with Crippen LogP contribution in [0.25, 0.3) is 5.65 Å². The Labute approximate surface area is 134 Å². The van der Waals surface area contributed by atoms with Gasteiger partial charge in [0.2, 0.25) is 5.91 Å². The molecule has 0 spiro atoms. The first kappa shape index (κ1) is 15.2. The lowest BCUT2D eigenvalue weighted by atomic mass is 10.2. The number of halogens is 1. The lowest BCUT2D eigenvalue weighted by molar-refractivity contribution is -0.121. The van der Waals surface area contributed by atoms with E-state index in [4.69, 9.17) is 0 Å². The van der Waals surface area contributed by atoms with Gasteiger partial charge >= 0.3 is 0 Å². The van der Waals surface area contributed by atoms with Crippen molar-refractivity contribution in [1.29, 1.82) is 0 Å². The molecule has 118 valence electrons. The zero-order valence-electron chi connectivity index (χ0n) is 12.9. The van der Waals surface area contributed by atoms with Crippen molar-refractivity contribution in [2.24, 2.45) is 0 Å². The van der Waals surface area contributed by atoms with Crippen LogP contribution >= 0.6 is 0 Å². The first-order valence-electron chi connectivity index (χ1n) is 7.58. The van der Waals surface area contributed by atoms with Crippen LogP contribution in [0.2, 0.25) is 0 Å². The fraction of sp³-hybridized carbons (Fsp3) is 0.222. The van der Waals surface area contributed by atoms with Crippen LogP contribution in [-0.4, -0.2) is 15.3 Å². The molecule has 0 atom stereocenters. The first-order chi connectivity index (χ1) is 11.1. The zero-order chi connectivity index (χ0) is 16.2. The lowest BCUT2D eigenvalue weighted by Crippen LogP contribution is -2.23. The van der Waals surface area contributed by atoms with E-state index in [-0.39, 0.29) is 18.3 Å². The van der Waals surface area contributed by atoms with Gasteiger partial charge in [0.05, 0.1) is 5.69 Å². The van der Waals surface area contributed by atoms with Gasteiger partial charge in [0.15, 0.2) is 0 Å². The molecule has 5 heteroatoms. The van der Waals surface area contributed by atoms with Crippen molar-refractivity contribution in [2.45, 2.75) is 26.3 Å². The quantitative estimate of drug-likeness (QED) is 0.787. The minimum atomic E-state index is -0.301. The number of amides is 1. The number of carbonyl (C=O) groups is 1. The lowest BCUT2D eigenvalue weighted by Gasteiger charge is -2.07. The summed E-state index contributed by atoms with van der Waals surface area (Å²) in [7, 11) is 0. The predicted molar refractivity (Wildman–Crippen MR) is 86.5 cm³/mol. The smallest absolute Gasteiger partial charge is 0.220 e. The predicted octanol–water partition coefficient (Wildman–Crippen LogP) is 3.03. The van der Waals surface area contributed by atoms with E-state index in [2.05, 4.69) is 10.3 Å². The summed E-state index contributed by atoms with van der Waals surface area (Å²) < 4.78 is 15.5. The molecule has 0 radical (unpaired) electrons. The van der Waals surface area contributed by atoms with Crippen molar-refractivity contribution in [3.05, 3.63) is 71.4 Å². The molecule has 0 aliphatic heterocycles. The van der Waals surface area contributed by atoms with E-state index in [1.807, 2.05) is 35.7 Å². The second-order valence-electron chi connectivity index (χ2n) is 5.44. The molecule has 0 fully saturated rings. The summed E-state index contributed by atoms with van der Waals surface area (Å²) in [6.45, 7) is 2.15. The molecule has 0 unspecified atom stereocenters. The third kappa shape index (κ3) is 3.39. The summed E-state index contributed by atoms with van der Waals surface area (Å²) in [5.41, 5.74) is 3.33. The van der Waals surface area contributed by atoms with Gasteiger partial charge in [-0.3, -0.25) is 4.79 Å². The second kappa shape index (κ2) is 6.60. The van der Waals surface area contributed by atoms with Crippen molar-refractivity contribution in [1.82, 2.24) is 14.7 Å². The van der Waals surface area contributed by atoms with E-state index in [0.29, 0.717) is 18.4 Å². The average Bonchev–Trinajstić information content (AvgIpc) is 2.87. The van der Waals surface area contributed by atoms with E-state index in [0.717, 1.165) is 17.0 Å². The number of rotatable bonds is 5.